The summed E-state index contributed by atoms with van der Waals surface area (Å²) in [5, 5.41) is 2.64. The molecule has 0 radical (unpaired) electrons. The molecule has 1 heterocycles. The van der Waals surface area contributed by atoms with Gasteiger partial charge in [0.15, 0.2) is 11.5 Å². The van der Waals surface area contributed by atoms with Gasteiger partial charge in [-0.25, -0.2) is 9.69 Å². The molecular formula is C27H21BrClIN2O5. The molecule has 0 atom stereocenters. The third kappa shape index (κ3) is 6.00. The number of amides is 4. The summed E-state index contributed by atoms with van der Waals surface area (Å²) < 4.78 is 13.6. The molecule has 0 unspecified atom stereocenters. The third-order valence-electron chi connectivity index (χ3n) is 5.52. The Balaban J connectivity index is 1.67. The largest absolute Gasteiger partial charge is 0.490 e. The van der Waals surface area contributed by atoms with E-state index in [0.717, 1.165) is 18.5 Å². The number of ether oxygens (including phenoxy) is 2. The van der Waals surface area contributed by atoms with Gasteiger partial charge in [0, 0.05) is 9.50 Å². The van der Waals surface area contributed by atoms with E-state index in [4.69, 9.17) is 21.1 Å². The van der Waals surface area contributed by atoms with Gasteiger partial charge in [-0.2, -0.15) is 0 Å². The van der Waals surface area contributed by atoms with Gasteiger partial charge >= 0.3 is 6.03 Å². The van der Waals surface area contributed by atoms with Crippen LogP contribution in [0.15, 0.2) is 64.6 Å². The van der Waals surface area contributed by atoms with Gasteiger partial charge in [-0.1, -0.05) is 45.7 Å². The second kappa shape index (κ2) is 11.7. The number of imide groups is 2. The van der Waals surface area contributed by atoms with Crippen LogP contribution >= 0.6 is 50.1 Å². The molecule has 37 heavy (non-hydrogen) atoms. The van der Waals surface area contributed by atoms with Crippen LogP contribution in [0.4, 0.5) is 10.5 Å². The van der Waals surface area contributed by atoms with Gasteiger partial charge in [0.05, 0.1) is 15.9 Å². The molecule has 7 nitrogen and oxygen atoms in total. The lowest BCUT2D eigenvalue weighted by atomic mass is 10.1. The molecule has 3 aromatic rings. The zero-order chi connectivity index (χ0) is 26.7. The number of benzene rings is 3. The second-order valence-corrected chi connectivity index (χ2v) is 10.5. The molecule has 0 saturated carbocycles. The molecular weight excluding hydrogens is 675 g/mol. The number of halogens is 3. The van der Waals surface area contributed by atoms with Crippen LogP contribution in [0.3, 0.4) is 0 Å². The van der Waals surface area contributed by atoms with Crippen molar-refractivity contribution in [2.45, 2.75) is 20.5 Å². The lowest BCUT2D eigenvalue weighted by molar-refractivity contribution is -0.122. The van der Waals surface area contributed by atoms with E-state index in [1.54, 1.807) is 37.3 Å². The Hall–Kier alpha value is -2.89. The summed E-state index contributed by atoms with van der Waals surface area (Å²) in [4.78, 5) is 39.5. The molecule has 10 heteroatoms. The molecule has 3 aromatic carbocycles. The topological polar surface area (TPSA) is 84.9 Å². The van der Waals surface area contributed by atoms with Gasteiger partial charge in [0.25, 0.3) is 11.8 Å². The van der Waals surface area contributed by atoms with Crippen LogP contribution in [0.2, 0.25) is 5.02 Å². The third-order valence-corrected chi connectivity index (χ3v) is 7.26. The summed E-state index contributed by atoms with van der Waals surface area (Å²) >= 11 is 11.7. The molecule has 190 valence electrons. The fourth-order valence-electron chi connectivity index (χ4n) is 3.69. The lowest BCUT2D eigenvalue weighted by Gasteiger charge is -2.27. The number of nitrogens with zero attached hydrogens (tertiary/aromatic N) is 1. The highest BCUT2D eigenvalue weighted by Gasteiger charge is 2.37. The number of barbiturate groups is 1. The molecule has 1 saturated heterocycles. The van der Waals surface area contributed by atoms with Crippen LogP contribution in [0, 0.1) is 10.5 Å². The highest BCUT2D eigenvalue weighted by Crippen LogP contribution is 2.36. The van der Waals surface area contributed by atoms with E-state index in [1.165, 1.54) is 6.08 Å². The summed E-state index contributed by atoms with van der Waals surface area (Å²) in [6.07, 6.45) is 1.43. The Labute approximate surface area is 241 Å². The molecule has 4 rings (SSSR count). The van der Waals surface area contributed by atoms with E-state index < -0.39 is 17.8 Å². The number of carbonyl (C=O) groups is 3. The van der Waals surface area contributed by atoms with Crippen molar-refractivity contribution in [3.8, 4) is 11.5 Å². The van der Waals surface area contributed by atoms with E-state index in [-0.39, 0.29) is 5.57 Å². The quantitative estimate of drug-likeness (QED) is 0.170. The molecule has 1 fully saturated rings. The van der Waals surface area contributed by atoms with Crippen molar-refractivity contribution < 1.29 is 23.9 Å². The number of carbonyl (C=O) groups excluding carboxylic acids is 3. The van der Waals surface area contributed by atoms with Crippen LogP contribution in [-0.4, -0.2) is 24.5 Å². The molecule has 0 spiro atoms. The van der Waals surface area contributed by atoms with Crippen molar-refractivity contribution in [2.75, 3.05) is 11.5 Å². The SMILES string of the molecule is CCOc1cc(/C=C2\C(=O)NC(=O)N(c3cccc(Cl)c3C)C2=O)cc(I)c1OCc1ccc(Br)cc1. The maximum absolute atomic E-state index is 13.3. The molecule has 4 amide bonds. The maximum Gasteiger partial charge on any atom is 0.335 e. The smallest absolute Gasteiger partial charge is 0.335 e. The zero-order valence-corrected chi connectivity index (χ0v) is 24.3. The maximum atomic E-state index is 13.3. The number of urea groups is 1. The van der Waals surface area contributed by atoms with Crippen molar-refractivity contribution in [3.63, 3.8) is 0 Å². The molecule has 1 aliphatic heterocycles. The fraction of sp³-hybridized carbons (Fsp3) is 0.148. The Morgan fingerprint density at radius 2 is 1.81 bits per heavy atom. The summed E-state index contributed by atoms with van der Waals surface area (Å²) in [5.41, 5.74) is 2.18. The van der Waals surface area contributed by atoms with Crippen LogP contribution < -0.4 is 19.7 Å². The zero-order valence-electron chi connectivity index (χ0n) is 19.8. The van der Waals surface area contributed by atoms with Gasteiger partial charge in [0.1, 0.15) is 12.2 Å². The minimum absolute atomic E-state index is 0.194. The van der Waals surface area contributed by atoms with Gasteiger partial charge in [-0.15, -0.1) is 0 Å². The Bertz CT molecular complexity index is 1430. The second-order valence-electron chi connectivity index (χ2n) is 8.02. The van der Waals surface area contributed by atoms with Gasteiger partial charge < -0.3 is 9.47 Å². The van der Waals surface area contributed by atoms with Crippen LogP contribution in [0.25, 0.3) is 6.08 Å². The first kappa shape index (κ1) is 27.2. The molecule has 0 bridgehead atoms. The standard InChI is InChI=1S/C27H21BrClIN2O5/c1-3-36-23-13-17(12-21(30)24(23)37-14-16-7-9-18(28)10-8-16)11-19-25(33)31-27(35)32(26(19)34)22-6-4-5-20(29)15(22)2/h4-13H,3,14H2,1-2H3,(H,31,33,35)/b19-11+. The van der Waals surface area contributed by atoms with Crippen LogP contribution in [0.5, 0.6) is 11.5 Å². The first-order chi connectivity index (χ1) is 17.7. The normalized spacial score (nSPS) is 14.7. The monoisotopic (exact) mass is 694 g/mol. The van der Waals surface area contributed by atoms with Crippen molar-refractivity contribution >= 4 is 79.7 Å². The van der Waals surface area contributed by atoms with E-state index in [0.29, 0.717) is 46.5 Å². The Morgan fingerprint density at radius 1 is 1.08 bits per heavy atom. The fourth-order valence-corrected chi connectivity index (χ4v) is 4.91. The minimum Gasteiger partial charge on any atom is -0.490 e. The predicted octanol–water partition coefficient (Wildman–Crippen LogP) is 6.66. The van der Waals surface area contributed by atoms with Gasteiger partial charge in [0.2, 0.25) is 0 Å². The Kier molecular flexibility index (Phi) is 8.56. The Morgan fingerprint density at radius 3 is 2.51 bits per heavy atom. The average molecular weight is 696 g/mol. The average Bonchev–Trinajstić information content (AvgIpc) is 2.85. The van der Waals surface area contributed by atoms with Gasteiger partial charge in [-0.3, -0.25) is 14.9 Å². The predicted molar refractivity (Wildman–Crippen MR) is 154 cm³/mol. The highest BCUT2D eigenvalue weighted by atomic mass is 127. The van der Waals surface area contributed by atoms with E-state index in [9.17, 15) is 14.4 Å². The number of nitrogens with one attached hydrogen (secondary N) is 1. The van der Waals surface area contributed by atoms with Crippen molar-refractivity contribution in [2.24, 2.45) is 0 Å². The molecule has 1 N–H and O–H groups in total. The van der Waals surface area contributed by atoms with E-state index in [2.05, 4.69) is 43.8 Å². The molecule has 0 aromatic heterocycles. The van der Waals surface area contributed by atoms with E-state index >= 15 is 0 Å². The minimum atomic E-state index is -0.834. The summed E-state index contributed by atoms with van der Waals surface area (Å²) in [5.74, 6) is -0.504. The first-order valence-electron chi connectivity index (χ1n) is 11.2. The first-order valence-corrected chi connectivity index (χ1v) is 13.4. The van der Waals surface area contributed by atoms with Crippen molar-refractivity contribution in [1.29, 1.82) is 0 Å². The number of hydrogen-bond acceptors (Lipinski definition) is 5. The highest BCUT2D eigenvalue weighted by molar-refractivity contribution is 14.1. The number of rotatable bonds is 7. The van der Waals surface area contributed by atoms with Crippen LogP contribution in [-0.2, 0) is 16.2 Å². The summed E-state index contributed by atoms with van der Waals surface area (Å²) in [6, 6.07) is 15.3. The van der Waals surface area contributed by atoms with E-state index in [1.807, 2.05) is 31.2 Å². The molecule has 1 aliphatic rings. The lowest BCUT2D eigenvalue weighted by Crippen LogP contribution is -2.54. The number of hydrogen-bond donors (Lipinski definition) is 1. The van der Waals surface area contributed by atoms with Crippen LogP contribution in [0.1, 0.15) is 23.6 Å². The van der Waals surface area contributed by atoms with Gasteiger partial charge in [-0.05, 0) is 95.6 Å². The summed E-state index contributed by atoms with van der Waals surface area (Å²) in [6.45, 7) is 4.27. The molecule has 0 aliphatic carbocycles. The summed E-state index contributed by atoms with van der Waals surface area (Å²) in [7, 11) is 0. The van der Waals surface area contributed by atoms with Crippen molar-refractivity contribution in [3.05, 3.63) is 89.9 Å². The number of anilines is 1. The van der Waals surface area contributed by atoms with Crippen molar-refractivity contribution in [1.82, 2.24) is 5.32 Å².